The van der Waals surface area contributed by atoms with Crippen LogP contribution in [0.15, 0.2) is 0 Å². The van der Waals surface area contributed by atoms with E-state index in [1.54, 1.807) is 0 Å². The Kier molecular flexibility index (Phi) is 2.47. The molecule has 1 rings (SSSR count). The molecule has 0 aliphatic carbocycles. The molecule has 1 N–H and O–H groups in total. The topological polar surface area (TPSA) is 29.1 Å². The summed E-state index contributed by atoms with van der Waals surface area (Å²) in [6.07, 6.45) is 3.09. The highest BCUT2D eigenvalue weighted by Crippen LogP contribution is 2.21. The quantitative estimate of drug-likeness (QED) is 0.555. The predicted octanol–water partition coefficient (Wildman–Crippen LogP) is -0.128. The normalized spacial score (nSPS) is 34.0. The third-order valence-electron chi connectivity index (χ3n) is 2.15. The summed E-state index contributed by atoms with van der Waals surface area (Å²) >= 11 is 0. The Bertz CT molecular complexity index is 158. The molecule has 1 fully saturated rings. The lowest BCUT2D eigenvalue weighted by atomic mass is 10.1. The molecule has 3 heteroatoms. The Morgan fingerprint density at radius 3 is 2.80 bits per heavy atom. The molecule has 0 saturated carbocycles. The molecule has 0 aromatic rings. The van der Waals surface area contributed by atoms with Crippen molar-refractivity contribution in [2.75, 3.05) is 31.4 Å². The zero-order valence-electron chi connectivity index (χ0n) is 6.76. The van der Waals surface area contributed by atoms with Gasteiger partial charge in [-0.3, -0.25) is 4.21 Å². The first-order chi connectivity index (χ1) is 4.64. The van der Waals surface area contributed by atoms with Crippen molar-refractivity contribution in [2.24, 2.45) is 5.92 Å². The zero-order chi connectivity index (χ0) is 7.61. The highest BCUT2D eigenvalue weighted by Gasteiger charge is 2.24. The molecule has 1 aliphatic rings. The molecule has 0 bridgehead atoms. The van der Waals surface area contributed by atoms with Crippen molar-refractivity contribution < 1.29 is 4.21 Å². The third kappa shape index (κ3) is 2.06. The van der Waals surface area contributed by atoms with Gasteiger partial charge in [0.2, 0.25) is 0 Å². The van der Waals surface area contributed by atoms with E-state index >= 15 is 0 Å². The summed E-state index contributed by atoms with van der Waals surface area (Å²) in [6, 6.07) is 0. The summed E-state index contributed by atoms with van der Waals surface area (Å²) in [5, 5.41) is 3.13. The molecule has 0 radical (unpaired) electrons. The number of thiol groups is 1. The molecule has 0 amide bonds. The first-order valence-corrected chi connectivity index (χ1v) is 6.37. The van der Waals surface area contributed by atoms with Crippen LogP contribution in [0.2, 0.25) is 0 Å². The Balaban J connectivity index is 2.36. The van der Waals surface area contributed by atoms with E-state index in [1.807, 2.05) is 13.3 Å². The second kappa shape index (κ2) is 3.01. The van der Waals surface area contributed by atoms with Crippen molar-refractivity contribution in [3.63, 3.8) is 0 Å². The van der Waals surface area contributed by atoms with Crippen molar-refractivity contribution in [1.29, 1.82) is 0 Å². The number of rotatable bonds is 2. The second-order valence-corrected chi connectivity index (χ2v) is 6.82. The average Bonchev–Trinajstić information content (AvgIpc) is 2.12. The van der Waals surface area contributed by atoms with Gasteiger partial charge >= 0.3 is 0 Å². The predicted molar refractivity (Wildman–Crippen MR) is 47.2 cm³/mol. The first-order valence-electron chi connectivity index (χ1n) is 3.84. The van der Waals surface area contributed by atoms with E-state index in [-0.39, 0.29) is 0 Å². The molecule has 10 heavy (non-hydrogen) atoms. The lowest BCUT2D eigenvalue weighted by molar-refractivity contribution is 0.556. The van der Waals surface area contributed by atoms with Crippen LogP contribution in [0.5, 0.6) is 0 Å². The van der Waals surface area contributed by atoms with Crippen molar-refractivity contribution in [2.45, 2.75) is 6.42 Å². The maximum Gasteiger partial charge on any atom is 0.00510 e. The van der Waals surface area contributed by atoms with Gasteiger partial charge in [-0.25, -0.2) is 0 Å². The molecular weight excluding hydrogens is 146 g/mol. The minimum absolute atomic E-state index is 0.681. The van der Waals surface area contributed by atoms with Crippen molar-refractivity contribution in [3.05, 3.63) is 0 Å². The lowest BCUT2D eigenvalue weighted by Gasteiger charge is -2.10. The summed E-state index contributed by atoms with van der Waals surface area (Å²) in [6.45, 7) is 1.04. The van der Waals surface area contributed by atoms with E-state index in [0.29, 0.717) is 5.92 Å². The van der Waals surface area contributed by atoms with E-state index in [1.165, 1.54) is 0 Å². The van der Waals surface area contributed by atoms with Crippen molar-refractivity contribution in [1.82, 2.24) is 5.32 Å². The van der Waals surface area contributed by atoms with E-state index in [4.69, 9.17) is 0 Å². The van der Waals surface area contributed by atoms with Crippen LogP contribution in [0.1, 0.15) is 6.42 Å². The van der Waals surface area contributed by atoms with Crippen LogP contribution in [0.4, 0.5) is 0 Å². The Labute approximate surface area is 63.8 Å². The van der Waals surface area contributed by atoms with E-state index in [9.17, 15) is 4.21 Å². The molecule has 2 nitrogen and oxygen atoms in total. The van der Waals surface area contributed by atoms with Gasteiger partial charge in [-0.2, -0.15) is 0 Å². The average molecular weight is 163 g/mol. The van der Waals surface area contributed by atoms with Gasteiger partial charge in [0, 0.05) is 11.5 Å². The molecule has 1 unspecified atom stereocenters. The summed E-state index contributed by atoms with van der Waals surface area (Å²) in [4.78, 5) is 0. The second-order valence-electron chi connectivity index (χ2n) is 3.42. The third-order valence-corrected chi connectivity index (χ3v) is 4.64. The van der Waals surface area contributed by atoms with E-state index < -0.39 is 9.93 Å². The molecule has 1 atom stereocenters. The maximum atomic E-state index is 11.5. The number of hydrogen-bond donors (Lipinski definition) is 2. The SMILES string of the molecule is CNCC1CC[SH](C)(=O)C1. The smallest absolute Gasteiger partial charge is 0.00510 e. The molecule has 0 aromatic heterocycles. The highest BCUT2D eigenvalue weighted by molar-refractivity contribution is 8.02. The minimum Gasteiger partial charge on any atom is -0.319 e. The Morgan fingerprint density at radius 2 is 2.40 bits per heavy atom. The lowest BCUT2D eigenvalue weighted by Crippen LogP contribution is -2.21. The van der Waals surface area contributed by atoms with Gasteiger partial charge in [-0.15, -0.1) is 9.93 Å². The molecule has 1 heterocycles. The monoisotopic (exact) mass is 163 g/mol. The largest absolute Gasteiger partial charge is 0.319 e. The van der Waals surface area contributed by atoms with Gasteiger partial charge in [0.05, 0.1) is 0 Å². The fraction of sp³-hybridized carbons (Fsp3) is 1.00. The van der Waals surface area contributed by atoms with E-state index in [2.05, 4.69) is 5.32 Å². The summed E-state index contributed by atoms with van der Waals surface area (Å²) in [5.41, 5.74) is 0. The van der Waals surface area contributed by atoms with Crippen LogP contribution in [0, 0.1) is 5.92 Å². The molecule has 0 aromatic carbocycles. The van der Waals surface area contributed by atoms with Gasteiger partial charge in [0.25, 0.3) is 0 Å². The van der Waals surface area contributed by atoms with Crippen LogP contribution < -0.4 is 5.32 Å². The zero-order valence-corrected chi connectivity index (χ0v) is 7.66. The van der Waals surface area contributed by atoms with Crippen LogP contribution in [-0.4, -0.2) is 35.6 Å². The van der Waals surface area contributed by atoms with Gasteiger partial charge < -0.3 is 5.32 Å². The Hall–Kier alpha value is 0.110. The molecule has 0 spiro atoms. The minimum atomic E-state index is -1.67. The fourth-order valence-electron chi connectivity index (χ4n) is 1.64. The molecule has 1 saturated heterocycles. The molecular formula is C7H17NOS. The highest BCUT2D eigenvalue weighted by atomic mass is 32.2. The van der Waals surface area contributed by atoms with Gasteiger partial charge in [-0.05, 0) is 32.2 Å². The Morgan fingerprint density at radius 1 is 1.70 bits per heavy atom. The van der Waals surface area contributed by atoms with Crippen LogP contribution >= 0.6 is 0 Å². The standard InChI is InChI=1S/C7H17NOS/c1-8-5-7-3-4-10(2,9)6-7/h7-8,10H,3-6H2,1-2H3. The summed E-state index contributed by atoms with van der Waals surface area (Å²) in [5.74, 6) is 2.62. The molecule has 62 valence electrons. The summed E-state index contributed by atoms with van der Waals surface area (Å²) in [7, 11) is 0.288. The van der Waals surface area contributed by atoms with Crippen LogP contribution in [0.25, 0.3) is 0 Å². The maximum absolute atomic E-state index is 11.5. The van der Waals surface area contributed by atoms with E-state index in [0.717, 1.165) is 24.5 Å². The fourth-order valence-corrected chi connectivity index (χ4v) is 4.14. The number of nitrogens with one attached hydrogen (secondary N) is 1. The first kappa shape index (κ1) is 8.21. The van der Waals surface area contributed by atoms with Crippen LogP contribution in [-0.2, 0) is 9.93 Å². The van der Waals surface area contributed by atoms with Gasteiger partial charge in [0.15, 0.2) is 0 Å². The van der Waals surface area contributed by atoms with Crippen molar-refractivity contribution in [3.8, 4) is 0 Å². The van der Waals surface area contributed by atoms with Crippen molar-refractivity contribution >= 4 is 9.93 Å². The molecule has 1 aliphatic heterocycles. The van der Waals surface area contributed by atoms with Gasteiger partial charge in [0.1, 0.15) is 0 Å². The van der Waals surface area contributed by atoms with Crippen LogP contribution in [0.3, 0.4) is 0 Å². The number of hydrogen-bond acceptors (Lipinski definition) is 2. The summed E-state index contributed by atoms with van der Waals surface area (Å²) < 4.78 is 11.5. The van der Waals surface area contributed by atoms with Gasteiger partial charge in [-0.1, -0.05) is 0 Å².